The van der Waals surface area contributed by atoms with E-state index in [2.05, 4.69) is 33.4 Å². The maximum Gasteiger partial charge on any atom is 0.276 e. The Morgan fingerprint density at radius 3 is 2.70 bits per heavy atom. The molecule has 0 radical (unpaired) electrons. The molecular formula is C23H31N5O2. The molecule has 2 atom stereocenters. The van der Waals surface area contributed by atoms with Crippen LogP contribution < -0.4 is 0 Å². The normalized spacial score (nSPS) is 24.7. The van der Waals surface area contributed by atoms with Gasteiger partial charge in [0.2, 0.25) is 0 Å². The molecule has 0 N–H and O–H groups in total. The quantitative estimate of drug-likeness (QED) is 0.777. The van der Waals surface area contributed by atoms with Gasteiger partial charge in [0.25, 0.3) is 5.91 Å². The smallest absolute Gasteiger partial charge is 0.276 e. The second kappa shape index (κ2) is 7.78. The van der Waals surface area contributed by atoms with Crippen molar-refractivity contribution in [1.29, 1.82) is 0 Å². The molecule has 2 aliphatic heterocycles. The summed E-state index contributed by atoms with van der Waals surface area (Å²) in [6.45, 7) is 10.4. The van der Waals surface area contributed by atoms with E-state index in [0.29, 0.717) is 18.8 Å². The van der Waals surface area contributed by atoms with E-state index < -0.39 is 0 Å². The molecule has 5 rings (SSSR count). The molecule has 1 aliphatic carbocycles. The van der Waals surface area contributed by atoms with Crippen molar-refractivity contribution in [1.82, 2.24) is 24.8 Å². The van der Waals surface area contributed by atoms with Crippen LogP contribution in [0.15, 0.2) is 18.2 Å². The number of hydrogen-bond acceptors (Lipinski definition) is 5. The van der Waals surface area contributed by atoms with E-state index >= 15 is 0 Å². The fourth-order valence-corrected chi connectivity index (χ4v) is 4.92. The molecule has 0 unspecified atom stereocenters. The molecule has 1 saturated carbocycles. The lowest BCUT2D eigenvalue weighted by atomic mass is 9.97. The number of benzene rings is 1. The Hall–Kier alpha value is -2.25. The average molecular weight is 410 g/mol. The molecule has 30 heavy (non-hydrogen) atoms. The van der Waals surface area contributed by atoms with Gasteiger partial charge in [0, 0.05) is 32.7 Å². The van der Waals surface area contributed by atoms with Crippen LogP contribution in [0.1, 0.15) is 54.0 Å². The zero-order valence-corrected chi connectivity index (χ0v) is 18.2. The molecule has 160 valence electrons. The number of ether oxygens (including phenoxy) is 1. The minimum absolute atomic E-state index is 0.0350. The van der Waals surface area contributed by atoms with Crippen LogP contribution in [0.5, 0.6) is 0 Å². The summed E-state index contributed by atoms with van der Waals surface area (Å²) in [5.74, 6) is 0.854. The maximum absolute atomic E-state index is 13.1. The highest BCUT2D eigenvalue weighted by Gasteiger charge is 2.31. The Bertz CT molecular complexity index is 941. The zero-order chi connectivity index (χ0) is 20.8. The van der Waals surface area contributed by atoms with Gasteiger partial charge >= 0.3 is 0 Å². The second-order valence-electron chi connectivity index (χ2n) is 9.25. The van der Waals surface area contributed by atoms with Crippen molar-refractivity contribution in [2.45, 2.75) is 58.8 Å². The Labute approximate surface area is 178 Å². The predicted octanol–water partition coefficient (Wildman–Crippen LogP) is 2.59. The van der Waals surface area contributed by atoms with Crippen LogP contribution in [0.25, 0.3) is 5.69 Å². The Morgan fingerprint density at radius 2 is 1.97 bits per heavy atom. The fourth-order valence-electron chi connectivity index (χ4n) is 4.92. The van der Waals surface area contributed by atoms with Crippen LogP contribution in [0.3, 0.4) is 0 Å². The van der Waals surface area contributed by atoms with Gasteiger partial charge in [-0.1, -0.05) is 17.3 Å². The molecule has 0 spiro atoms. The molecule has 3 aliphatic rings. The van der Waals surface area contributed by atoms with Crippen LogP contribution in [0, 0.1) is 12.8 Å². The summed E-state index contributed by atoms with van der Waals surface area (Å²) in [4.78, 5) is 17.6. The standard InChI is InChI=1S/C23H31N5O2/c1-15-11-27(12-16(2)30-15)23(29)22-17(3)28(25-24-22)21-6-4-5-19-14-26(10-9-20(19)21)13-18-7-8-18/h4-6,15-16,18H,7-14H2,1-3H3/t15-,16-/m1/s1. The van der Waals surface area contributed by atoms with Crippen molar-refractivity contribution in [3.8, 4) is 5.69 Å². The van der Waals surface area contributed by atoms with Gasteiger partial charge in [0.1, 0.15) is 0 Å². The SMILES string of the molecule is Cc1c(C(=O)N2C[C@@H](C)O[C@H](C)C2)nnn1-c1cccc2c1CCN(CC1CC1)C2. The van der Waals surface area contributed by atoms with Gasteiger partial charge in [-0.3, -0.25) is 9.69 Å². The summed E-state index contributed by atoms with van der Waals surface area (Å²) in [6, 6.07) is 6.43. The Morgan fingerprint density at radius 1 is 1.20 bits per heavy atom. The third kappa shape index (κ3) is 3.76. The highest BCUT2D eigenvalue weighted by molar-refractivity contribution is 5.93. The van der Waals surface area contributed by atoms with Gasteiger partial charge in [-0.05, 0) is 63.1 Å². The molecule has 7 heteroatoms. The number of carbonyl (C=O) groups is 1. The highest BCUT2D eigenvalue weighted by Crippen LogP contribution is 2.32. The van der Waals surface area contributed by atoms with Crippen LogP contribution in [-0.2, 0) is 17.7 Å². The van der Waals surface area contributed by atoms with Crippen LogP contribution in [-0.4, -0.2) is 69.1 Å². The highest BCUT2D eigenvalue weighted by atomic mass is 16.5. The largest absolute Gasteiger partial charge is 0.372 e. The maximum atomic E-state index is 13.1. The van der Waals surface area contributed by atoms with Gasteiger partial charge in [-0.15, -0.1) is 5.10 Å². The lowest BCUT2D eigenvalue weighted by Gasteiger charge is -2.35. The first-order chi connectivity index (χ1) is 14.5. The monoisotopic (exact) mass is 409 g/mol. The van der Waals surface area contributed by atoms with Gasteiger partial charge < -0.3 is 9.64 Å². The van der Waals surface area contributed by atoms with E-state index in [9.17, 15) is 4.79 Å². The fraction of sp³-hybridized carbons (Fsp3) is 0.609. The Balaban J connectivity index is 1.40. The van der Waals surface area contributed by atoms with E-state index in [1.807, 2.05) is 30.4 Å². The van der Waals surface area contributed by atoms with E-state index in [4.69, 9.17) is 4.74 Å². The summed E-state index contributed by atoms with van der Waals surface area (Å²) in [5, 5.41) is 8.70. The van der Waals surface area contributed by atoms with Crippen molar-refractivity contribution in [3.63, 3.8) is 0 Å². The lowest BCUT2D eigenvalue weighted by molar-refractivity contribution is -0.0587. The molecule has 2 aromatic rings. The van der Waals surface area contributed by atoms with E-state index in [0.717, 1.165) is 36.8 Å². The second-order valence-corrected chi connectivity index (χ2v) is 9.25. The van der Waals surface area contributed by atoms with Gasteiger partial charge in [0.15, 0.2) is 5.69 Å². The molecule has 7 nitrogen and oxygen atoms in total. The number of hydrogen-bond donors (Lipinski definition) is 0. The first kappa shape index (κ1) is 19.7. The number of morpholine rings is 1. The number of fused-ring (bicyclic) bond motifs is 1. The van der Waals surface area contributed by atoms with Crippen molar-refractivity contribution in [2.24, 2.45) is 5.92 Å². The van der Waals surface area contributed by atoms with Gasteiger partial charge in [0.05, 0.1) is 23.6 Å². The molecule has 2 fully saturated rings. The molecule has 1 aromatic carbocycles. The number of rotatable bonds is 4. The van der Waals surface area contributed by atoms with E-state index in [-0.39, 0.29) is 18.1 Å². The van der Waals surface area contributed by atoms with E-state index in [1.165, 1.54) is 30.5 Å². The van der Waals surface area contributed by atoms with Crippen molar-refractivity contribution >= 4 is 5.91 Å². The van der Waals surface area contributed by atoms with Crippen molar-refractivity contribution in [3.05, 3.63) is 40.7 Å². The zero-order valence-electron chi connectivity index (χ0n) is 18.2. The summed E-state index contributed by atoms with van der Waals surface area (Å²) in [5.41, 5.74) is 5.02. The summed E-state index contributed by atoms with van der Waals surface area (Å²) < 4.78 is 7.62. The number of nitrogens with zero attached hydrogens (tertiary/aromatic N) is 5. The average Bonchev–Trinajstić information content (AvgIpc) is 3.45. The number of aromatic nitrogens is 3. The van der Waals surface area contributed by atoms with Crippen LogP contribution in [0.2, 0.25) is 0 Å². The molecule has 3 heterocycles. The predicted molar refractivity (Wildman–Crippen MR) is 114 cm³/mol. The molecule has 1 amide bonds. The van der Waals surface area contributed by atoms with Gasteiger partial charge in [-0.2, -0.15) is 0 Å². The van der Waals surface area contributed by atoms with Gasteiger partial charge in [-0.25, -0.2) is 4.68 Å². The minimum Gasteiger partial charge on any atom is -0.372 e. The Kier molecular flexibility index (Phi) is 5.11. The first-order valence-corrected chi connectivity index (χ1v) is 11.2. The molecule has 1 saturated heterocycles. The third-order valence-corrected chi connectivity index (χ3v) is 6.57. The minimum atomic E-state index is -0.0545. The van der Waals surface area contributed by atoms with Crippen LogP contribution in [0.4, 0.5) is 0 Å². The topological polar surface area (TPSA) is 63.5 Å². The van der Waals surface area contributed by atoms with Crippen molar-refractivity contribution < 1.29 is 9.53 Å². The molecule has 0 bridgehead atoms. The summed E-state index contributed by atoms with van der Waals surface area (Å²) in [7, 11) is 0. The van der Waals surface area contributed by atoms with Crippen molar-refractivity contribution in [2.75, 3.05) is 26.2 Å². The number of amides is 1. The van der Waals surface area contributed by atoms with E-state index in [1.54, 1.807) is 0 Å². The first-order valence-electron chi connectivity index (χ1n) is 11.2. The van der Waals surface area contributed by atoms with Crippen LogP contribution >= 0.6 is 0 Å². The lowest BCUT2D eigenvalue weighted by Crippen LogP contribution is -2.48. The number of carbonyl (C=O) groups excluding carboxylic acids is 1. The summed E-state index contributed by atoms with van der Waals surface area (Å²) in [6.07, 6.45) is 3.86. The summed E-state index contributed by atoms with van der Waals surface area (Å²) >= 11 is 0. The molecular weight excluding hydrogens is 378 g/mol. The third-order valence-electron chi connectivity index (χ3n) is 6.57. The molecule has 1 aromatic heterocycles.